The molecule has 0 aliphatic heterocycles. The van der Waals surface area contributed by atoms with Crippen molar-refractivity contribution in [3.05, 3.63) is 39.0 Å². The molecule has 5 nitrogen and oxygen atoms in total. The first-order chi connectivity index (χ1) is 7.50. The highest BCUT2D eigenvalue weighted by Crippen LogP contribution is 2.20. The van der Waals surface area contributed by atoms with E-state index in [1.54, 1.807) is 0 Å². The second kappa shape index (κ2) is 3.53. The van der Waals surface area contributed by atoms with Crippen LogP contribution < -0.4 is 11.2 Å². The van der Waals surface area contributed by atoms with E-state index in [9.17, 15) is 9.59 Å². The Kier molecular flexibility index (Phi) is 2.32. The summed E-state index contributed by atoms with van der Waals surface area (Å²) in [5.41, 5.74) is 4.28. The Morgan fingerprint density at radius 3 is 2.75 bits per heavy atom. The van der Waals surface area contributed by atoms with Crippen LogP contribution in [0.25, 0.3) is 11.0 Å². The van der Waals surface area contributed by atoms with Gasteiger partial charge in [-0.15, -0.1) is 0 Å². The zero-order valence-corrected chi connectivity index (χ0v) is 8.62. The standard InChI is InChI=1S/C10H6ClNO4/c11-4-1-2-6-5(3-4)8(13)7(10(14)15)9(12)16-6/h1-3H,12H2,(H,14,15). The predicted octanol–water partition coefficient (Wildman–Crippen LogP) is 1.73. The third-order valence-corrected chi connectivity index (χ3v) is 2.33. The van der Waals surface area contributed by atoms with Gasteiger partial charge in [-0.05, 0) is 18.2 Å². The van der Waals surface area contributed by atoms with E-state index in [-0.39, 0.29) is 11.0 Å². The molecule has 0 spiro atoms. The van der Waals surface area contributed by atoms with Crippen molar-refractivity contribution in [3.63, 3.8) is 0 Å². The molecule has 2 rings (SSSR count). The highest BCUT2D eigenvalue weighted by Gasteiger charge is 2.18. The van der Waals surface area contributed by atoms with Crippen LogP contribution in [-0.2, 0) is 0 Å². The molecule has 6 heteroatoms. The molecule has 0 atom stereocenters. The average molecular weight is 240 g/mol. The van der Waals surface area contributed by atoms with Crippen molar-refractivity contribution in [1.29, 1.82) is 0 Å². The second-order valence-electron chi connectivity index (χ2n) is 3.12. The minimum absolute atomic E-state index is 0.0964. The SMILES string of the molecule is Nc1oc2ccc(Cl)cc2c(=O)c1C(=O)O. The monoisotopic (exact) mass is 239 g/mol. The number of benzene rings is 1. The molecular formula is C10H6ClNO4. The van der Waals surface area contributed by atoms with Crippen LogP contribution in [0.3, 0.4) is 0 Å². The normalized spacial score (nSPS) is 10.6. The average Bonchev–Trinajstić information content (AvgIpc) is 2.19. The highest BCUT2D eigenvalue weighted by molar-refractivity contribution is 6.31. The van der Waals surface area contributed by atoms with Gasteiger partial charge in [0.1, 0.15) is 5.58 Å². The van der Waals surface area contributed by atoms with Crippen molar-refractivity contribution in [2.24, 2.45) is 0 Å². The van der Waals surface area contributed by atoms with Gasteiger partial charge in [0.2, 0.25) is 11.3 Å². The van der Waals surface area contributed by atoms with Gasteiger partial charge in [-0.3, -0.25) is 4.79 Å². The van der Waals surface area contributed by atoms with Gasteiger partial charge in [0.05, 0.1) is 5.39 Å². The molecule has 0 amide bonds. The summed E-state index contributed by atoms with van der Waals surface area (Å²) in [5, 5.41) is 9.22. The lowest BCUT2D eigenvalue weighted by Gasteiger charge is -2.02. The fourth-order valence-corrected chi connectivity index (χ4v) is 1.56. The summed E-state index contributed by atoms with van der Waals surface area (Å²) < 4.78 is 5.03. The lowest BCUT2D eigenvalue weighted by molar-refractivity contribution is 0.0695. The molecule has 0 saturated heterocycles. The molecule has 0 unspecified atom stereocenters. The minimum Gasteiger partial charge on any atom is -0.477 e. The molecule has 16 heavy (non-hydrogen) atoms. The van der Waals surface area contributed by atoms with E-state index in [1.165, 1.54) is 18.2 Å². The van der Waals surface area contributed by atoms with Gasteiger partial charge in [0, 0.05) is 5.02 Å². The number of carbonyl (C=O) groups is 1. The van der Waals surface area contributed by atoms with Gasteiger partial charge in [-0.2, -0.15) is 0 Å². The molecule has 1 aromatic carbocycles. The van der Waals surface area contributed by atoms with E-state index in [0.717, 1.165) is 0 Å². The highest BCUT2D eigenvalue weighted by atomic mass is 35.5. The quantitative estimate of drug-likeness (QED) is 0.790. The summed E-state index contributed by atoms with van der Waals surface area (Å²) in [6, 6.07) is 4.32. The summed E-state index contributed by atoms with van der Waals surface area (Å²) in [4.78, 5) is 22.6. The van der Waals surface area contributed by atoms with Crippen LogP contribution >= 0.6 is 11.6 Å². The van der Waals surface area contributed by atoms with E-state index in [1.807, 2.05) is 0 Å². The summed E-state index contributed by atoms with van der Waals surface area (Å²) in [5.74, 6) is -1.83. The summed E-state index contributed by atoms with van der Waals surface area (Å²) >= 11 is 5.70. The van der Waals surface area contributed by atoms with Crippen LogP contribution in [0.15, 0.2) is 27.4 Å². The van der Waals surface area contributed by atoms with Crippen LogP contribution in [0, 0.1) is 0 Å². The molecule has 1 heterocycles. The lowest BCUT2D eigenvalue weighted by atomic mass is 10.1. The fraction of sp³-hybridized carbons (Fsp3) is 0. The second-order valence-corrected chi connectivity index (χ2v) is 3.55. The molecule has 2 aromatic rings. The molecule has 0 fully saturated rings. The van der Waals surface area contributed by atoms with E-state index in [4.69, 9.17) is 26.9 Å². The Hall–Kier alpha value is -2.01. The van der Waals surface area contributed by atoms with Gasteiger partial charge in [0.25, 0.3) is 0 Å². The van der Waals surface area contributed by atoms with Crippen LogP contribution in [0.2, 0.25) is 5.02 Å². The number of halogens is 1. The maximum Gasteiger partial charge on any atom is 0.345 e. The van der Waals surface area contributed by atoms with Crippen molar-refractivity contribution in [2.75, 3.05) is 5.73 Å². The third kappa shape index (κ3) is 1.51. The van der Waals surface area contributed by atoms with Gasteiger partial charge >= 0.3 is 5.97 Å². The van der Waals surface area contributed by atoms with E-state index >= 15 is 0 Å². The Morgan fingerprint density at radius 2 is 2.12 bits per heavy atom. The number of rotatable bonds is 1. The van der Waals surface area contributed by atoms with Gasteiger partial charge in [0.15, 0.2) is 5.56 Å². The number of carboxylic acids is 1. The molecule has 3 N–H and O–H groups in total. The van der Waals surface area contributed by atoms with Crippen molar-refractivity contribution in [2.45, 2.75) is 0 Å². The first kappa shape index (κ1) is 10.5. The molecule has 0 aliphatic carbocycles. The third-order valence-electron chi connectivity index (χ3n) is 2.09. The molecule has 0 radical (unpaired) electrons. The Morgan fingerprint density at radius 1 is 1.44 bits per heavy atom. The Labute approximate surface area is 94.0 Å². The number of carboxylic acid groups (broad SMARTS) is 1. The van der Waals surface area contributed by atoms with Crippen molar-refractivity contribution < 1.29 is 14.3 Å². The Bertz CT molecular complexity index is 647. The van der Waals surface area contributed by atoms with Crippen molar-refractivity contribution in [3.8, 4) is 0 Å². The number of hydrogen-bond donors (Lipinski definition) is 2. The first-order valence-electron chi connectivity index (χ1n) is 4.26. The van der Waals surface area contributed by atoms with Crippen molar-refractivity contribution >= 4 is 34.4 Å². The van der Waals surface area contributed by atoms with Crippen LogP contribution in [0.1, 0.15) is 10.4 Å². The van der Waals surface area contributed by atoms with Crippen molar-refractivity contribution in [1.82, 2.24) is 0 Å². The van der Waals surface area contributed by atoms with Crippen LogP contribution in [0.5, 0.6) is 0 Å². The largest absolute Gasteiger partial charge is 0.477 e. The molecule has 0 saturated carbocycles. The predicted molar refractivity (Wildman–Crippen MR) is 58.9 cm³/mol. The maximum absolute atomic E-state index is 11.8. The zero-order chi connectivity index (χ0) is 11.9. The van der Waals surface area contributed by atoms with E-state index in [2.05, 4.69) is 0 Å². The smallest absolute Gasteiger partial charge is 0.345 e. The maximum atomic E-state index is 11.8. The zero-order valence-electron chi connectivity index (χ0n) is 7.86. The topological polar surface area (TPSA) is 93.5 Å². The summed E-state index contributed by atoms with van der Waals surface area (Å²) in [6.07, 6.45) is 0. The number of nitrogen functional groups attached to an aromatic ring is 1. The van der Waals surface area contributed by atoms with Gasteiger partial charge in [-0.1, -0.05) is 11.6 Å². The number of anilines is 1. The van der Waals surface area contributed by atoms with E-state index < -0.39 is 22.8 Å². The van der Waals surface area contributed by atoms with Crippen LogP contribution in [0.4, 0.5) is 5.88 Å². The number of hydrogen-bond acceptors (Lipinski definition) is 4. The molecule has 1 aromatic heterocycles. The van der Waals surface area contributed by atoms with E-state index in [0.29, 0.717) is 5.02 Å². The lowest BCUT2D eigenvalue weighted by Crippen LogP contribution is -2.17. The number of aromatic carboxylic acids is 1. The number of fused-ring (bicyclic) bond motifs is 1. The van der Waals surface area contributed by atoms with Gasteiger partial charge < -0.3 is 15.3 Å². The molecule has 82 valence electrons. The number of nitrogens with two attached hydrogens (primary N) is 1. The summed E-state index contributed by atoms with van der Waals surface area (Å²) in [7, 11) is 0. The molecular weight excluding hydrogens is 234 g/mol. The minimum atomic E-state index is -1.42. The first-order valence-corrected chi connectivity index (χ1v) is 4.63. The summed E-state index contributed by atoms with van der Waals surface area (Å²) in [6.45, 7) is 0. The van der Waals surface area contributed by atoms with Crippen LogP contribution in [-0.4, -0.2) is 11.1 Å². The molecule has 0 aliphatic rings. The Balaban J connectivity index is 2.96. The van der Waals surface area contributed by atoms with Gasteiger partial charge in [-0.25, -0.2) is 4.79 Å². The molecule has 0 bridgehead atoms. The fourth-order valence-electron chi connectivity index (χ4n) is 1.39.